The molecule has 1 aromatic heterocycles. The summed E-state index contributed by atoms with van der Waals surface area (Å²) in [6.45, 7) is 0. The lowest BCUT2D eigenvalue weighted by molar-refractivity contribution is 0.104. The number of carbonyl (C=O) groups excluding carboxylic acids is 1. The van der Waals surface area contributed by atoms with Gasteiger partial charge in [0, 0.05) is 23.4 Å². The van der Waals surface area contributed by atoms with Crippen LogP contribution in [0, 0.1) is 0 Å². The molecular weight excluding hydrogens is 334 g/mol. The monoisotopic (exact) mass is 351 g/mol. The van der Waals surface area contributed by atoms with Crippen molar-refractivity contribution < 1.29 is 19.0 Å². The van der Waals surface area contributed by atoms with Crippen LogP contribution in [0.2, 0.25) is 0 Å². The van der Waals surface area contributed by atoms with Crippen LogP contribution < -0.4 is 19.8 Å². The first kappa shape index (κ1) is 16.2. The van der Waals surface area contributed by atoms with Crippen molar-refractivity contribution in [3.05, 3.63) is 51.8 Å². The molecule has 1 aliphatic carbocycles. The van der Waals surface area contributed by atoms with Gasteiger partial charge in [0.25, 0.3) is 5.56 Å². The van der Waals surface area contributed by atoms with Crippen LogP contribution in [0.15, 0.2) is 35.1 Å². The maximum absolute atomic E-state index is 13.3. The zero-order valence-corrected chi connectivity index (χ0v) is 14.9. The molecule has 0 N–H and O–H groups in total. The van der Waals surface area contributed by atoms with Gasteiger partial charge in [0.05, 0.1) is 38.2 Å². The molecular formula is C20H17NO5. The third-order valence-electron chi connectivity index (χ3n) is 4.84. The summed E-state index contributed by atoms with van der Waals surface area (Å²) in [5.41, 5.74) is 1.88. The highest BCUT2D eigenvalue weighted by atomic mass is 16.5. The first-order chi connectivity index (χ1) is 12.5. The van der Waals surface area contributed by atoms with E-state index in [9.17, 15) is 9.59 Å². The number of aromatic nitrogens is 1. The average Bonchev–Trinajstić information content (AvgIpc) is 2.97. The second-order valence-electron chi connectivity index (χ2n) is 6.03. The normalized spacial score (nSPS) is 12.1. The van der Waals surface area contributed by atoms with E-state index in [4.69, 9.17) is 14.2 Å². The number of nitrogens with zero attached hydrogens (tertiary/aromatic N) is 1. The molecule has 26 heavy (non-hydrogen) atoms. The van der Waals surface area contributed by atoms with E-state index < -0.39 is 0 Å². The first-order valence-electron chi connectivity index (χ1n) is 8.04. The van der Waals surface area contributed by atoms with Crippen molar-refractivity contribution in [2.24, 2.45) is 7.05 Å². The van der Waals surface area contributed by atoms with Crippen molar-refractivity contribution in [1.29, 1.82) is 0 Å². The fraction of sp³-hybridized carbons (Fsp3) is 0.200. The topological polar surface area (TPSA) is 66.8 Å². The minimum absolute atomic E-state index is 0.159. The molecule has 132 valence electrons. The Bertz CT molecular complexity index is 1140. The molecule has 6 heteroatoms. The van der Waals surface area contributed by atoms with Crippen LogP contribution in [-0.2, 0) is 7.05 Å². The number of pyridine rings is 1. The number of rotatable bonds is 3. The van der Waals surface area contributed by atoms with Gasteiger partial charge < -0.3 is 18.8 Å². The van der Waals surface area contributed by atoms with Gasteiger partial charge in [-0.05, 0) is 12.1 Å². The molecule has 1 heterocycles. The van der Waals surface area contributed by atoms with Crippen molar-refractivity contribution in [2.75, 3.05) is 21.3 Å². The molecule has 0 saturated heterocycles. The predicted octanol–water partition coefficient (Wildman–Crippen LogP) is 2.78. The molecule has 4 rings (SSSR count). The molecule has 0 fully saturated rings. The zero-order chi connectivity index (χ0) is 18.6. The largest absolute Gasteiger partial charge is 0.493 e. The number of hydrogen-bond acceptors (Lipinski definition) is 5. The number of ketones is 1. The molecule has 0 aliphatic heterocycles. The Hall–Kier alpha value is -3.28. The summed E-state index contributed by atoms with van der Waals surface area (Å²) < 4.78 is 17.8. The van der Waals surface area contributed by atoms with E-state index in [1.54, 1.807) is 31.3 Å². The van der Waals surface area contributed by atoms with Crippen molar-refractivity contribution in [2.45, 2.75) is 0 Å². The molecule has 2 aromatic carbocycles. The lowest BCUT2D eigenvalue weighted by atomic mass is 10.0. The van der Waals surface area contributed by atoms with Crippen molar-refractivity contribution >= 4 is 16.6 Å². The van der Waals surface area contributed by atoms with Gasteiger partial charge in [0.2, 0.25) is 5.75 Å². The number of carbonyl (C=O) groups is 1. The van der Waals surface area contributed by atoms with E-state index in [0.29, 0.717) is 50.4 Å². The Morgan fingerprint density at radius 3 is 2.12 bits per heavy atom. The number of benzene rings is 2. The zero-order valence-electron chi connectivity index (χ0n) is 14.9. The van der Waals surface area contributed by atoms with Crippen LogP contribution in [-0.4, -0.2) is 31.7 Å². The lowest BCUT2D eigenvalue weighted by Crippen LogP contribution is -2.19. The van der Waals surface area contributed by atoms with E-state index in [0.717, 1.165) is 0 Å². The molecule has 1 aliphatic rings. The van der Waals surface area contributed by atoms with Gasteiger partial charge >= 0.3 is 0 Å². The van der Waals surface area contributed by atoms with Crippen molar-refractivity contribution in [3.63, 3.8) is 0 Å². The minimum Gasteiger partial charge on any atom is -0.493 e. The molecule has 0 unspecified atom stereocenters. The summed E-state index contributed by atoms with van der Waals surface area (Å²) in [6, 6.07) is 8.84. The van der Waals surface area contributed by atoms with Gasteiger partial charge in [0.15, 0.2) is 17.3 Å². The van der Waals surface area contributed by atoms with Gasteiger partial charge in [0.1, 0.15) is 0 Å². The Labute approximate surface area is 149 Å². The summed E-state index contributed by atoms with van der Waals surface area (Å²) in [7, 11) is 6.15. The second kappa shape index (κ2) is 5.62. The third kappa shape index (κ3) is 1.87. The Balaban J connectivity index is 2.22. The molecule has 0 saturated carbocycles. The van der Waals surface area contributed by atoms with Crippen LogP contribution in [0.3, 0.4) is 0 Å². The molecule has 0 spiro atoms. The van der Waals surface area contributed by atoms with Gasteiger partial charge in [-0.15, -0.1) is 0 Å². The molecule has 0 radical (unpaired) electrons. The molecule has 6 nitrogen and oxygen atoms in total. The summed E-state index contributed by atoms with van der Waals surface area (Å²) in [5.74, 6) is 0.896. The van der Waals surface area contributed by atoms with Gasteiger partial charge in [-0.2, -0.15) is 0 Å². The van der Waals surface area contributed by atoms with Gasteiger partial charge in [-0.1, -0.05) is 18.2 Å². The number of hydrogen-bond donors (Lipinski definition) is 0. The van der Waals surface area contributed by atoms with Gasteiger partial charge in [-0.3, -0.25) is 9.59 Å². The van der Waals surface area contributed by atoms with E-state index in [1.165, 1.54) is 25.9 Å². The maximum atomic E-state index is 13.3. The Morgan fingerprint density at radius 1 is 0.846 bits per heavy atom. The van der Waals surface area contributed by atoms with Gasteiger partial charge in [-0.25, -0.2) is 0 Å². The Kier molecular flexibility index (Phi) is 3.50. The fourth-order valence-electron chi connectivity index (χ4n) is 3.70. The predicted molar refractivity (Wildman–Crippen MR) is 97.7 cm³/mol. The maximum Gasteiger partial charge on any atom is 0.258 e. The standard InChI is InChI=1S/C20H17NO5/c1-21-16-12-9-13(24-2)18(25-3)19(26-4)15(12)17(22)14(16)10-7-5-6-8-11(10)20(21)23/h5-9H,1-4H3. The SMILES string of the molecule is COc1cc2c(c(OC)c1OC)C(=O)c1c-2n(C)c(=O)c2ccccc12. The summed E-state index contributed by atoms with van der Waals surface area (Å²) in [5, 5.41) is 1.14. The fourth-order valence-corrected chi connectivity index (χ4v) is 3.70. The quantitative estimate of drug-likeness (QED) is 0.568. The van der Waals surface area contributed by atoms with Crippen LogP contribution in [0.4, 0.5) is 0 Å². The molecule has 0 amide bonds. The van der Waals surface area contributed by atoms with Crippen LogP contribution >= 0.6 is 0 Å². The number of fused-ring (bicyclic) bond motifs is 5. The van der Waals surface area contributed by atoms with E-state index in [1.807, 2.05) is 6.07 Å². The molecule has 0 bridgehead atoms. The highest BCUT2D eigenvalue weighted by Crippen LogP contribution is 2.50. The Morgan fingerprint density at radius 2 is 1.50 bits per heavy atom. The number of methoxy groups -OCH3 is 3. The summed E-state index contributed by atoms with van der Waals surface area (Å²) in [6.07, 6.45) is 0. The number of ether oxygens (including phenoxy) is 3. The molecule has 0 atom stereocenters. The van der Waals surface area contributed by atoms with E-state index in [-0.39, 0.29) is 11.3 Å². The van der Waals surface area contributed by atoms with Crippen LogP contribution in [0.25, 0.3) is 22.0 Å². The third-order valence-corrected chi connectivity index (χ3v) is 4.84. The smallest absolute Gasteiger partial charge is 0.258 e. The van der Waals surface area contributed by atoms with Crippen molar-refractivity contribution in [3.8, 4) is 28.5 Å². The van der Waals surface area contributed by atoms with Crippen molar-refractivity contribution in [1.82, 2.24) is 4.57 Å². The molecule has 3 aromatic rings. The minimum atomic E-state index is -0.195. The lowest BCUT2D eigenvalue weighted by Gasteiger charge is -2.15. The van der Waals surface area contributed by atoms with E-state index >= 15 is 0 Å². The van der Waals surface area contributed by atoms with Crippen LogP contribution in [0.5, 0.6) is 17.2 Å². The summed E-state index contributed by atoms with van der Waals surface area (Å²) in [4.78, 5) is 26.1. The highest BCUT2D eigenvalue weighted by molar-refractivity contribution is 6.28. The van der Waals surface area contributed by atoms with Crippen LogP contribution in [0.1, 0.15) is 15.9 Å². The highest BCUT2D eigenvalue weighted by Gasteiger charge is 2.37. The van der Waals surface area contributed by atoms with E-state index in [2.05, 4.69) is 0 Å². The first-order valence-corrected chi connectivity index (χ1v) is 8.04. The average molecular weight is 351 g/mol. The summed E-state index contributed by atoms with van der Waals surface area (Å²) >= 11 is 0. The second-order valence-corrected chi connectivity index (χ2v) is 6.03.